The van der Waals surface area contributed by atoms with E-state index in [0.29, 0.717) is 16.9 Å². The zero-order valence-electron chi connectivity index (χ0n) is 11.6. The summed E-state index contributed by atoms with van der Waals surface area (Å²) in [5.74, 6) is 0.859. The van der Waals surface area contributed by atoms with Gasteiger partial charge in [-0.3, -0.25) is 14.5 Å². The molecule has 2 amide bonds. The maximum atomic E-state index is 12.5. The van der Waals surface area contributed by atoms with Crippen LogP contribution in [0.5, 0.6) is 0 Å². The van der Waals surface area contributed by atoms with Crippen molar-refractivity contribution >= 4 is 29.1 Å². The molecule has 0 radical (unpaired) electrons. The van der Waals surface area contributed by atoms with E-state index < -0.39 is 0 Å². The van der Waals surface area contributed by atoms with Gasteiger partial charge in [-0.1, -0.05) is 11.6 Å². The van der Waals surface area contributed by atoms with Gasteiger partial charge >= 0.3 is 0 Å². The highest BCUT2D eigenvalue weighted by Crippen LogP contribution is 2.55. The van der Waals surface area contributed by atoms with Gasteiger partial charge < -0.3 is 5.32 Å². The van der Waals surface area contributed by atoms with Gasteiger partial charge in [0.15, 0.2) is 0 Å². The van der Waals surface area contributed by atoms with Gasteiger partial charge in [-0.05, 0) is 55.4 Å². The third-order valence-electron chi connectivity index (χ3n) is 5.30. The van der Waals surface area contributed by atoms with Gasteiger partial charge in [0, 0.05) is 10.7 Å². The maximum absolute atomic E-state index is 12.5. The van der Waals surface area contributed by atoms with Crippen LogP contribution < -0.4 is 5.32 Å². The molecule has 0 unspecified atom stereocenters. The van der Waals surface area contributed by atoms with Crippen molar-refractivity contribution in [3.8, 4) is 0 Å². The van der Waals surface area contributed by atoms with Crippen LogP contribution in [0.3, 0.4) is 0 Å². The average Bonchev–Trinajstić information content (AvgIpc) is 3.14. The fourth-order valence-electron chi connectivity index (χ4n) is 4.36. The van der Waals surface area contributed by atoms with Crippen LogP contribution >= 0.6 is 11.6 Å². The van der Waals surface area contributed by atoms with Crippen LogP contribution in [0.2, 0.25) is 5.02 Å². The van der Waals surface area contributed by atoms with E-state index in [1.807, 2.05) is 12.1 Å². The molecule has 1 aromatic carbocycles. The third-order valence-corrected chi connectivity index (χ3v) is 5.56. The van der Waals surface area contributed by atoms with Crippen molar-refractivity contribution in [3.63, 3.8) is 0 Å². The number of benzene rings is 1. The minimum absolute atomic E-state index is 0.0265. The zero-order chi connectivity index (χ0) is 14.6. The highest BCUT2D eigenvalue weighted by Gasteiger charge is 2.60. The predicted octanol–water partition coefficient (Wildman–Crippen LogP) is 2.74. The second-order valence-electron chi connectivity index (χ2n) is 6.33. The molecule has 21 heavy (non-hydrogen) atoms. The Labute approximate surface area is 128 Å². The first-order chi connectivity index (χ1) is 10.1. The molecule has 0 spiro atoms. The minimum Gasteiger partial charge on any atom is -0.367 e. The van der Waals surface area contributed by atoms with Gasteiger partial charge in [0.2, 0.25) is 11.8 Å². The molecule has 4 rings (SSSR count). The van der Waals surface area contributed by atoms with E-state index in [2.05, 4.69) is 5.32 Å². The molecule has 0 aromatic heterocycles. The van der Waals surface area contributed by atoms with E-state index in [9.17, 15) is 9.59 Å². The van der Waals surface area contributed by atoms with Gasteiger partial charge in [0.1, 0.15) is 0 Å². The first-order valence-corrected chi connectivity index (χ1v) is 7.87. The minimum atomic E-state index is -0.0386. The molecule has 1 N–H and O–H groups in total. The van der Waals surface area contributed by atoms with Gasteiger partial charge in [-0.25, -0.2) is 0 Å². The van der Waals surface area contributed by atoms with Crippen LogP contribution in [0, 0.1) is 23.7 Å². The van der Waals surface area contributed by atoms with Gasteiger partial charge in [-0.2, -0.15) is 0 Å². The normalized spacial score (nSPS) is 33.7. The number of rotatable bonds is 3. The lowest BCUT2D eigenvalue weighted by Crippen LogP contribution is -2.36. The number of nitrogens with one attached hydrogen (secondary N) is 1. The Morgan fingerprint density at radius 1 is 1.05 bits per heavy atom. The Morgan fingerprint density at radius 2 is 1.62 bits per heavy atom. The summed E-state index contributed by atoms with van der Waals surface area (Å²) in [6, 6.07) is 7.26. The third kappa shape index (κ3) is 1.96. The Kier molecular flexibility index (Phi) is 2.96. The summed E-state index contributed by atoms with van der Waals surface area (Å²) in [5.41, 5.74) is 0.861. The first kappa shape index (κ1) is 13.1. The number of hydrogen-bond acceptors (Lipinski definition) is 3. The van der Waals surface area contributed by atoms with E-state index >= 15 is 0 Å². The van der Waals surface area contributed by atoms with Gasteiger partial charge in [-0.15, -0.1) is 0 Å². The highest BCUT2D eigenvalue weighted by atomic mass is 35.5. The largest absolute Gasteiger partial charge is 0.367 e. The van der Waals surface area contributed by atoms with Crippen molar-refractivity contribution in [2.45, 2.75) is 19.3 Å². The summed E-state index contributed by atoms with van der Waals surface area (Å²) in [6.07, 6.45) is 3.30. The lowest BCUT2D eigenvalue weighted by Gasteiger charge is -2.19. The van der Waals surface area contributed by atoms with Crippen LogP contribution in [-0.2, 0) is 9.59 Å². The van der Waals surface area contributed by atoms with E-state index in [1.165, 1.54) is 4.90 Å². The van der Waals surface area contributed by atoms with E-state index in [4.69, 9.17) is 11.6 Å². The molecular formula is C16H17ClN2O2. The van der Waals surface area contributed by atoms with E-state index in [0.717, 1.165) is 24.9 Å². The Balaban J connectivity index is 1.48. The van der Waals surface area contributed by atoms with E-state index in [1.54, 1.807) is 12.1 Å². The van der Waals surface area contributed by atoms with Crippen molar-refractivity contribution in [2.24, 2.45) is 23.7 Å². The van der Waals surface area contributed by atoms with Crippen molar-refractivity contribution in [1.29, 1.82) is 0 Å². The lowest BCUT2D eigenvalue weighted by molar-refractivity contribution is -0.140. The number of hydrogen-bond donors (Lipinski definition) is 1. The van der Waals surface area contributed by atoms with Crippen molar-refractivity contribution < 1.29 is 9.59 Å². The van der Waals surface area contributed by atoms with Gasteiger partial charge in [0.25, 0.3) is 0 Å². The van der Waals surface area contributed by atoms with Crippen molar-refractivity contribution in [3.05, 3.63) is 29.3 Å². The predicted molar refractivity (Wildman–Crippen MR) is 79.6 cm³/mol. The Bertz CT molecular complexity index is 573. The molecule has 4 nitrogen and oxygen atoms in total. The second kappa shape index (κ2) is 4.73. The molecule has 1 saturated heterocycles. The summed E-state index contributed by atoms with van der Waals surface area (Å²) in [4.78, 5) is 26.4. The number of imide groups is 1. The zero-order valence-corrected chi connectivity index (χ0v) is 12.3. The molecule has 1 aliphatic heterocycles. The summed E-state index contributed by atoms with van der Waals surface area (Å²) in [6.45, 7) is 0.256. The highest BCUT2D eigenvalue weighted by molar-refractivity contribution is 6.30. The maximum Gasteiger partial charge on any atom is 0.234 e. The summed E-state index contributed by atoms with van der Waals surface area (Å²) < 4.78 is 0. The number of anilines is 1. The average molecular weight is 305 g/mol. The molecule has 3 aliphatic rings. The van der Waals surface area contributed by atoms with Crippen LogP contribution in [0.25, 0.3) is 0 Å². The Morgan fingerprint density at radius 3 is 2.19 bits per heavy atom. The molecule has 1 aromatic rings. The number of carbonyl (C=O) groups is 2. The quantitative estimate of drug-likeness (QED) is 0.874. The number of likely N-dealkylation sites (tertiary alicyclic amines) is 1. The fourth-order valence-corrected chi connectivity index (χ4v) is 4.49. The number of carbonyl (C=O) groups excluding carboxylic acids is 2. The Hall–Kier alpha value is -1.55. The monoisotopic (exact) mass is 304 g/mol. The topological polar surface area (TPSA) is 49.4 Å². The number of fused-ring (bicyclic) bond motifs is 5. The van der Waals surface area contributed by atoms with Crippen molar-refractivity contribution in [2.75, 3.05) is 12.0 Å². The van der Waals surface area contributed by atoms with Crippen LogP contribution in [0.1, 0.15) is 19.3 Å². The SMILES string of the molecule is O=C1[C@@H]2[C@H]3CC[C@@H](C3)[C@H]2C(=O)N1CNc1ccc(Cl)cc1. The van der Waals surface area contributed by atoms with Crippen molar-refractivity contribution in [1.82, 2.24) is 4.90 Å². The summed E-state index contributed by atoms with van der Waals surface area (Å²) in [5, 5.41) is 3.81. The smallest absolute Gasteiger partial charge is 0.234 e. The van der Waals surface area contributed by atoms with Gasteiger partial charge in [0.05, 0.1) is 18.5 Å². The summed E-state index contributed by atoms with van der Waals surface area (Å²) >= 11 is 5.84. The van der Waals surface area contributed by atoms with Crippen LogP contribution in [0.15, 0.2) is 24.3 Å². The molecule has 2 saturated carbocycles. The molecule has 2 bridgehead atoms. The second-order valence-corrected chi connectivity index (χ2v) is 6.77. The lowest BCUT2D eigenvalue weighted by atomic mass is 9.81. The number of nitrogens with zero attached hydrogens (tertiary/aromatic N) is 1. The fraction of sp³-hybridized carbons (Fsp3) is 0.500. The molecule has 5 heteroatoms. The number of halogens is 1. The van der Waals surface area contributed by atoms with Crippen LogP contribution in [0.4, 0.5) is 5.69 Å². The van der Waals surface area contributed by atoms with E-state index in [-0.39, 0.29) is 30.3 Å². The molecular weight excluding hydrogens is 288 g/mol. The molecule has 3 fully saturated rings. The summed E-state index contributed by atoms with van der Waals surface area (Å²) in [7, 11) is 0. The first-order valence-electron chi connectivity index (χ1n) is 7.50. The number of amides is 2. The van der Waals surface area contributed by atoms with Crippen LogP contribution in [-0.4, -0.2) is 23.4 Å². The molecule has 110 valence electrons. The molecule has 2 aliphatic carbocycles. The molecule has 4 atom stereocenters. The standard InChI is InChI=1S/C16H17ClN2O2/c17-11-3-5-12(6-4-11)18-8-19-15(20)13-9-1-2-10(7-9)14(13)16(19)21/h3-6,9-10,13-14,18H,1-2,7-8H2/t9-,10-,13+,14+/m0/s1. The molecule has 1 heterocycles.